The summed E-state index contributed by atoms with van der Waals surface area (Å²) in [6.45, 7) is 3.63. The van der Waals surface area contributed by atoms with E-state index in [2.05, 4.69) is 15.2 Å². The van der Waals surface area contributed by atoms with Gasteiger partial charge in [0.2, 0.25) is 11.7 Å². The fourth-order valence-electron chi connectivity index (χ4n) is 2.44. The Bertz CT molecular complexity index is 898. The number of benzene rings is 1. The van der Waals surface area contributed by atoms with E-state index in [-0.39, 0.29) is 13.0 Å². The molecule has 3 rings (SSSR count). The Balaban J connectivity index is 1.75. The number of halogens is 3. The second-order valence-corrected chi connectivity index (χ2v) is 5.67. The first-order valence-corrected chi connectivity index (χ1v) is 7.55. The molecule has 6 nitrogen and oxygen atoms in total. The second-order valence-electron chi connectivity index (χ2n) is 5.67. The van der Waals surface area contributed by atoms with Crippen LogP contribution in [0.3, 0.4) is 0 Å². The molecule has 0 radical (unpaired) electrons. The molecule has 2 heterocycles. The molecule has 0 bridgehead atoms. The quantitative estimate of drug-likeness (QED) is 0.729. The average molecular weight is 351 g/mol. The van der Waals surface area contributed by atoms with Crippen LogP contribution in [0.15, 0.2) is 28.8 Å². The predicted molar refractivity (Wildman–Crippen MR) is 84.6 cm³/mol. The van der Waals surface area contributed by atoms with Crippen molar-refractivity contribution in [3.05, 3.63) is 47.1 Å². The Hall–Kier alpha value is -2.84. The molecule has 25 heavy (non-hydrogen) atoms. The van der Waals surface area contributed by atoms with Crippen LogP contribution in [-0.4, -0.2) is 19.9 Å². The van der Waals surface area contributed by atoms with Crippen LogP contribution in [0.5, 0.6) is 0 Å². The summed E-state index contributed by atoms with van der Waals surface area (Å²) >= 11 is 0. The standard InChI is InChI=1S/C16H16F3N5O/c1-9-8-13(16(17,18)19)22-24(9)7-6-14-21-15(23-25-14)11-4-3-5-12(20)10(11)2/h3-5,8H,6-7,20H2,1-2H3. The summed E-state index contributed by atoms with van der Waals surface area (Å²) in [5, 5.41) is 7.49. The minimum absolute atomic E-state index is 0.208. The predicted octanol–water partition coefficient (Wildman–Crippen LogP) is 3.39. The van der Waals surface area contributed by atoms with Crippen LogP contribution in [0.25, 0.3) is 11.4 Å². The Morgan fingerprint density at radius 3 is 2.68 bits per heavy atom. The van der Waals surface area contributed by atoms with Gasteiger partial charge in [0.25, 0.3) is 0 Å². The molecule has 0 fully saturated rings. The highest BCUT2D eigenvalue weighted by atomic mass is 19.4. The van der Waals surface area contributed by atoms with Crippen molar-refractivity contribution in [2.24, 2.45) is 0 Å². The van der Waals surface area contributed by atoms with Gasteiger partial charge >= 0.3 is 6.18 Å². The van der Waals surface area contributed by atoms with Gasteiger partial charge in [-0.3, -0.25) is 4.68 Å². The van der Waals surface area contributed by atoms with E-state index in [4.69, 9.17) is 10.3 Å². The average Bonchev–Trinajstić information content (AvgIpc) is 3.14. The normalized spacial score (nSPS) is 11.9. The third-order valence-electron chi connectivity index (χ3n) is 3.89. The van der Waals surface area contributed by atoms with Crippen LogP contribution in [0.4, 0.5) is 18.9 Å². The Kier molecular flexibility index (Phi) is 4.23. The highest BCUT2D eigenvalue weighted by Gasteiger charge is 2.34. The van der Waals surface area contributed by atoms with Gasteiger partial charge in [-0.2, -0.15) is 23.3 Å². The number of nitrogens with two attached hydrogens (primary N) is 1. The SMILES string of the molecule is Cc1c(N)cccc1-c1noc(CCn2nc(C(F)(F)F)cc2C)n1. The van der Waals surface area contributed by atoms with Crippen LogP contribution in [0.1, 0.15) is 22.8 Å². The lowest BCUT2D eigenvalue weighted by atomic mass is 10.1. The first-order valence-electron chi connectivity index (χ1n) is 7.55. The van der Waals surface area contributed by atoms with E-state index in [0.29, 0.717) is 23.1 Å². The van der Waals surface area contributed by atoms with Gasteiger partial charge in [0.15, 0.2) is 5.69 Å². The van der Waals surface area contributed by atoms with Gasteiger partial charge < -0.3 is 10.3 Å². The summed E-state index contributed by atoms with van der Waals surface area (Å²) in [5.41, 5.74) is 7.58. The monoisotopic (exact) mass is 351 g/mol. The fourth-order valence-corrected chi connectivity index (χ4v) is 2.44. The Morgan fingerprint density at radius 2 is 2.00 bits per heavy atom. The minimum atomic E-state index is -4.46. The number of nitrogens with zero attached hydrogens (tertiary/aromatic N) is 4. The summed E-state index contributed by atoms with van der Waals surface area (Å²) in [6, 6.07) is 6.40. The van der Waals surface area contributed by atoms with Crippen LogP contribution in [0, 0.1) is 13.8 Å². The lowest BCUT2D eigenvalue weighted by molar-refractivity contribution is -0.141. The maximum atomic E-state index is 12.7. The van der Waals surface area contributed by atoms with Gasteiger partial charge in [0.1, 0.15) is 0 Å². The number of anilines is 1. The zero-order chi connectivity index (χ0) is 18.2. The Labute approximate surface area is 141 Å². The molecule has 3 aromatic rings. The molecule has 0 saturated carbocycles. The van der Waals surface area contributed by atoms with Crippen LogP contribution in [-0.2, 0) is 19.1 Å². The highest BCUT2D eigenvalue weighted by Crippen LogP contribution is 2.28. The molecule has 0 amide bonds. The summed E-state index contributed by atoms with van der Waals surface area (Å²) < 4.78 is 44.5. The van der Waals surface area contributed by atoms with Crippen LogP contribution < -0.4 is 5.73 Å². The smallest absolute Gasteiger partial charge is 0.398 e. The molecule has 2 N–H and O–H groups in total. The molecule has 0 aliphatic heterocycles. The van der Waals surface area contributed by atoms with E-state index >= 15 is 0 Å². The molecule has 0 aliphatic carbocycles. The first kappa shape index (κ1) is 17.0. The van der Waals surface area contributed by atoms with Crippen molar-refractivity contribution in [1.29, 1.82) is 0 Å². The van der Waals surface area contributed by atoms with E-state index in [1.54, 1.807) is 19.1 Å². The molecule has 0 spiro atoms. The minimum Gasteiger partial charge on any atom is -0.398 e. The number of aryl methyl sites for hydroxylation is 3. The molecular formula is C16H16F3N5O. The van der Waals surface area contributed by atoms with Gasteiger partial charge in [-0.1, -0.05) is 17.3 Å². The topological polar surface area (TPSA) is 82.8 Å². The van der Waals surface area contributed by atoms with Gasteiger partial charge in [0.05, 0.1) is 0 Å². The third kappa shape index (κ3) is 3.49. The molecular weight excluding hydrogens is 335 g/mol. The second kappa shape index (κ2) is 6.23. The fraction of sp³-hybridized carbons (Fsp3) is 0.312. The van der Waals surface area contributed by atoms with E-state index in [9.17, 15) is 13.2 Å². The van der Waals surface area contributed by atoms with Crippen LogP contribution in [0.2, 0.25) is 0 Å². The van der Waals surface area contributed by atoms with Crippen LogP contribution >= 0.6 is 0 Å². The van der Waals surface area contributed by atoms with Gasteiger partial charge in [-0.25, -0.2) is 0 Å². The van der Waals surface area contributed by atoms with E-state index in [1.807, 2.05) is 13.0 Å². The van der Waals surface area contributed by atoms with E-state index in [1.165, 1.54) is 4.68 Å². The highest BCUT2D eigenvalue weighted by molar-refractivity contribution is 5.67. The van der Waals surface area contributed by atoms with Crippen molar-refractivity contribution < 1.29 is 17.7 Å². The first-order chi connectivity index (χ1) is 11.8. The third-order valence-corrected chi connectivity index (χ3v) is 3.89. The zero-order valence-electron chi connectivity index (χ0n) is 13.6. The molecule has 132 valence electrons. The van der Waals surface area contributed by atoms with Crippen molar-refractivity contribution in [2.75, 3.05) is 5.73 Å². The Morgan fingerprint density at radius 1 is 1.24 bits per heavy atom. The lowest BCUT2D eigenvalue weighted by Crippen LogP contribution is -2.09. The van der Waals surface area contributed by atoms with Gasteiger partial charge in [-0.15, -0.1) is 0 Å². The molecule has 0 saturated heterocycles. The zero-order valence-corrected chi connectivity index (χ0v) is 13.6. The van der Waals surface area contributed by atoms with Crippen molar-refractivity contribution >= 4 is 5.69 Å². The summed E-state index contributed by atoms with van der Waals surface area (Å²) in [4.78, 5) is 4.29. The van der Waals surface area contributed by atoms with Crippen molar-refractivity contribution in [3.63, 3.8) is 0 Å². The number of aromatic nitrogens is 4. The lowest BCUT2D eigenvalue weighted by Gasteiger charge is -2.03. The molecule has 0 unspecified atom stereocenters. The molecule has 2 aromatic heterocycles. The van der Waals surface area contributed by atoms with E-state index < -0.39 is 11.9 Å². The van der Waals surface area contributed by atoms with Gasteiger partial charge in [-0.05, 0) is 31.5 Å². The summed E-state index contributed by atoms with van der Waals surface area (Å²) in [7, 11) is 0. The van der Waals surface area contributed by atoms with E-state index in [0.717, 1.165) is 17.2 Å². The number of rotatable bonds is 4. The number of hydrogen-bond acceptors (Lipinski definition) is 5. The molecule has 9 heteroatoms. The number of alkyl halides is 3. The number of nitrogen functional groups attached to an aromatic ring is 1. The maximum absolute atomic E-state index is 12.7. The van der Waals surface area contributed by atoms with Crippen molar-refractivity contribution in [1.82, 2.24) is 19.9 Å². The largest absolute Gasteiger partial charge is 0.435 e. The van der Waals surface area contributed by atoms with Gasteiger partial charge in [0, 0.05) is 29.9 Å². The maximum Gasteiger partial charge on any atom is 0.435 e. The molecule has 0 aliphatic rings. The van der Waals surface area contributed by atoms with Crippen molar-refractivity contribution in [2.45, 2.75) is 33.0 Å². The molecule has 1 aromatic carbocycles. The summed E-state index contributed by atoms with van der Waals surface area (Å²) in [5.74, 6) is 0.716. The summed E-state index contributed by atoms with van der Waals surface area (Å²) in [6.07, 6.45) is -4.19. The molecule has 0 atom stereocenters. The number of hydrogen-bond donors (Lipinski definition) is 1. The van der Waals surface area contributed by atoms with Crippen molar-refractivity contribution in [3.8, 4) is 11.4 Å².